The Balaban J connectivity index is 1.51. The number of rotatable bonds is 5. The Morgan fingerprint density at radius 1 is 1.20 bits per heavy atom. The maximum absolute atomic E-state index is 13.1. The van der Waals surface area contributed by atoms with Crippen LogP contribution in [-0.4, -0.2) is 47.4 Å². The highest BCUT2D eigenvalue weighted by Crippen LogP contribution is 2.21. The van der Waals surface area contributed by atoms with Gasteiger partial charge in [0.05, 0.1) is 0 Å². The van der Waals surface area contributed by atoms with E-state index in [0.29, 0.717) is 30.2 Å². The Bertz CT molecular complexity index is 649. The summed E-state index contributed by atoms with van der Waals surface area (Å²) >= 11 is 6.03. The molecule has 0 aromatic heterocycles. The van der Waals surface area contributed by atoms with Gasteiger partial charge in [0, 0.05) is 30.7 Å². The number of nitrogens with one attached hydrogen (secondary N) is 1. The number of halogens is 2. The summed E-state index contributed by atoms with van der Waals surface area (Å²) in [5.74, 6) is -0.496. The van der Waals surface area contributed by atoms with Crippen LogP contribution < -0.4 is 5.32 Å². The highest BCUT2D eigenvalue weighted by atomic mass is 35.5. The molecule has 1 N–H and O–H groups in total. The summed E-state index contributed by atoms with van der Waals surface area (Å²) in [7, 11) is 0. The highest BCUT2D eigenvalue weighted by Gasteiger charge is 2.30. The molecule has 2 fully saturated rings. The molecule has 2 aliphatic rings. The molecule has 0 radical (unpaired) electrons. The number of hydrogen-bond acceptors (Lipinski definition) is 2. The van der Waals surface area contributed by atoms with Crippen molar-refractivity contribution >= 4 is 23.5 Å². The van der Waals surface area contributed by atoms with Gasteiger partial charge >= 0.3 is 6.03 Å². The first-order valence-electron chi connectivity index (χ1n) is 8.80. The molecular weight excluding hydrogens is 345 g/mol. The molecule has 0 spiro atoms. The smallest absolute Gasteiger partial charge is 0.320 e. The monoisotopic (exact) mass is 367 g/mol. The van der Waals surface area contributed by atoms with E-state index in [1.165, 1.54) is 18.6 Å². The number of amides is 3. The van der Waals surface area contributed by atoms with Crippen LogP contribution in [0.1, 0.15) is 37.7 Å². The van der Waals surface area contributed by atoms with Crippen molar-refractivity contribution in [2.75, 3.05) is 19.6 Å². The van der Waals surface area contributed by atoms with Gasteiger partial charge in [0.2, 0.25) is 5.91 Å². The Labute approximate surface area is 152 Å². The van der Waals surface area contributed by atoms with Gasteiger partial charge in [-0.3, -0.25) is 4.79 Å². The molecule has 1 aromatic carbocycles. The van der Waals surface area contributed by atoms with Crippen LogP contribution in [-0.2, 0) is 11.3 Å². The fraction of sp³-hybridized carbons (Fsp3) is 0.556. The molecule has 3 amide bonds. The van der Waals surface area contributed by atoms with Gasteiger partial charge in [-0.05, 0) is 30.5 Å². The number of hydrogen-bond donors (Lipinski definition) is 1. The lowest BCUT2D eigenvalue weighted by atomic mass is 9.95. The van der Waals surface area contributed by atoms with E-state index in [0.717, 1.165) is 25.7 Å². The molecule has 1 aromatic rings. The van der Waals surface area contributed by atoms with E-state index in [4.69, 9.17) is 11.6 Å². The zero-order valence-electron chi connectivity index (χ0n) is 14.1. The molecule has 7 heteroatoms. The zero-order valence-corrected chi connectivity index (χ0v) is 14.9. The third-order valence-corrected chi connectivity index (χ3v) is 5.21. The van der Waals surface area contributed by atoms with E-state index >= 15 is 0 Å². The third-order valence-electron chi connectivity index (χ3n) is 4.86. The zero-order chi connectivity index (χ0) is 17.8. The number of benzene rings is 1. The Hall–Kier alpha value is -1.82. The fourth-order valence-electron chi connectivity index (χ4n) is 3.48. The normalized spacial score (nSPS) is 18.7. The molecule has 1 heterocycles. The SMILES string of the molecule is O=C(CN1CCN(Cc2ccc(F)cc2Cl)C1=O)NC1CCCCC1. The molecule has 136 valence electrons. The van der Waals surface area contributed by atoms with Gasteiger partial charge in [0.15, 0.2) is 0 Å². The largest absolute Gasteiger partial charge is 0.352 e. The van der Waals surface area contributed by atoms with Gasteiger partial charge in [-0.1, -0.05) is 36.9 Å². The number of carbonyl (C=O) groups excluding carboxylic acids is 2. The van der Waals surface area contributed by atoms with E-state index in [1.807, 2.05) is 0 Å². The molecule has 5 nitrogen and oxygen atoms in total. The summed E-state index contributed by atoms with van der Waals surface area (Å²) in [6, 6.07) is 4.22. The summed E-state index contributed by atoms with van der Waals surface area (Å²) in [5.41, 5.74) is 0.699. The molecule has 1 aliphatic carbocycles. The van der Waals surface area contributed by atoms with Crippen LogP contribution >= 0.6 is 11.6 Å². The molecule has 0 unspecified atom stereocenters. The second-order valence-corrected chi connectivity index (χ2v) is 7.17. The van der Waals surface area contributed by atoms with Crippen molar-refractivity contribution in [3.63, 3.8) is 0 Å². The van der Waals surface area contributed by atoms with E-state index in [9.17, 15) is 14.0 Å². The van der Waals surface area contributed by atoms with Gasteiger partial charge in [0.25, 0.3) is 0 Å². The van der Waals surface area contributed by atoms with Crippen molar-refractivity contribution in [3.05, 3.63) is 34.6 Å². The van der Waals surface area contributed by atoms with Crippen LogP contribution in [0.3, 0.4) is 0 Å². The van der Waals surface area contributed by atoms with Crippen molar-refractivity contribution in [1.82, 2.24) is 15.1 Å². The predicted octanol–water partition coefficient (Wildman–Crippen LogP) is 3.17. The summed E-state index contributed by atoms with van der Waals surface area (Å²) in [5, 5.41) is 3.34. The first-order valence-corrected chi connectivity index (χ1v) is 9.18. The lowest BCUT2D eigenvalue weighted by molar-refractivity contribution is -0.122. The minimum Gasteiger partial charge on any atom is -0.352 e. The lowest BCUT2D eigenvalue weighted by Gasteiger charge is -2.24. The second-order valence-electron chi connectivity index (χ2n) is 6.76. The van der Waals surface area contributed by atoms with Crippen molar-refractivity contribution in [2.24, 2.45) is 0 Å². The first kappa shape index (κ1) is 18.0. The standard InChI is InChI=1S/C18H23ClFN3O2/c19-16-10-14(20)7-6-13(16)11-22-8-9-23(18(22)25)12-17(24)21-15-4-2-1-3-5-15/h6-7,10,15H,1-5,8-9,11-12H2,(H,21,24). The number of carbonyl (C=O) groups is 2. The van der Waals surface area contributed by atoms with Crippen molar-refractivity contribution in [2.45, 2.75) is 44.7 Å². The van der Waals surface area contributed by atoms with Crippen LogP contribution in [0.5, 0.6) is 0 Å². The highest BCUT2D eigenvalue weighted by molar-refractivity contribution is 6.31. The summed E-state index contributed by atoms with van der Waals surface area (Å²) < 4.78 is 13.1. The quantitative estimate of drug-likeness (QED) is 0.869. The van der Waals surface area contributed by atoms with Crippen molar-refractivity contribution < 1.29 is 14.0 Å². The third kappa shape index (κ3) is 4.63. The van der Waals surface area contributed by atoms with Gasteiger partial charge in [-0.15, -0.1) is 0 Å². The van der Waals surface area contributed by atoms with Crippen LogP contribution in [0, 0.1) is 5.82 Å². The van der Waals surface area contributed by atoms with E-state index in [-0.39, 0.29) is 24.5 Å². The molecule has 1 saturated heterocycles. The minimum absolute atomic E-state index is 0.0863. The molecular formula is C18H23ClFN3O2. The molecule has 0 bridgehead atoms. The maximum Gasteiger partial charge on any atom is 0.320 e. The van der Waals surface area contributed by atoms with Crippen molar-refractivity contribution in [3.8, 4) is 0 Å². The Kier molecular flexibility index (Phi) is 5.78. The van der Waals surface area contributed by atoms with Gasteiger partial charge < -0.3 is 15.1 Å². The Morgan fingerprint density at radius 3 is 2.64 bits per heavy atom. The van der Waals surface area contributed by atoms with Gasteiger partial charge in [0.1, 0.15) is 12.4 Å². The maximum atomic E-state index is 13.1. The second kappa shape index (κ2) is 8.04. The molecule has 1 saturated carbocycles. The first-order chi connectivity index (χ1) is 12.0. The summed E-state index contributed by atoms with van der Waals surface area (Å²) in [4.78, 5) is 27.8. The van der Waals surface area contributed by atoms with Gasteiger partial charge in [-0.2, -0.15) is 0 Å². The van der Waals surface area contributed by atoms with Crippen molar-refractivity contribution in [1.29, 1.82) is 0 Å². The fourth-order valence-corrected chi connectivity index (χ4v) is 3.70. The van der Waals surface area contributed by atoms with Gasteiger partial charge in [-0.25, -0.2) is 9.18 Å². The minimum atomic E-state index is -0.400. The Morgan fingerprint density at radius 2 is 1.92 bits per heavy atom. The van der Waals surface area contributed by atoms with E-state index < -0.39 is 5.82 Å². The molecule has 25 heavy (non-hydrogen) atoms. The number of urea groups is 1. The number of nitrogens with zero attached hydrogens (tertiary/aromatic N) is 2. The summed E-state index contributed by atoms with van der Waals surface area (Å²) in [6.45, 7) is 1.45. The average molecular weight is 368 g/mol. The van der Waals surface area contributed by atoms with Crippen LogP contribution in [0.4, 0.5) is 9.18 Å². The average Bonchev–Trinajstić information content (AvgIpc) is 2.91. The van der Waals surface area contributed by atoms with E-state index in [2.05, 4.69) is 5.32 Å². The summed E-state index contributed by atoms with van der Waals surface area (Å²) in [6.07, 6.45) is 5.58. The van der Waals surface area contributed by atoms with Crippen LogP contribution in [0.25, 0.3) is 0 Å². The molecule has 0 atom stereocenters. The van der Waals surface area contributed by atoms with Crippen LogP contribution in [0.2, 0.25) is 5.02 Å². The van der Waals surface area contributed by atoms with E-state index in [1.54, 1.807) is 15.9 Å². The predicted molar refractivity (Wildman–Crippen MR) is 93.8 cm³/mol. The molecule has 3 rings (SSSR count). The molecule has 1 aliphatic heterocycles. The lowest BCUT2D eigenvalue weighted by Crippen LogP contribution is -2.44. The topological polar surface area (TPSA) is 52.7 Å². The van der Waals surface area contributed by atoms with Crippen LogP contribution in [0.15, 0.2) is 18.2 Å².